The van der Waals surface area contributed by atoms with Gasteiger partial charge < -0.3 is 9.72 Å². The number of carbonyl (C=O) groups is 2. The molecule has 0 atom stereocenters. The topological polar surface area (TPSA) is 75.3 Å². The molecule has 0 aliphatic carbocycles. The number of ether oxygens (including phenoxy) is 1. The normalized spacial score (nSPS) is 11.0. The maximum atomic E-state index is 13.2. The Kier molecular flexibility index (Phi) is 6.09. The van der Waals surface area contributed by atoms with Gasteiger partial charge in [-0.05, 0) is 56.0 Å². The molecular weight excluding hydrogens is 354 g/mol. The molecule has 0 saturated carbocycles. The number of anilines is 1. The minimum absolute atomic E-state index is 0.102. The molecule has 0 bridgehead atoms. The lowest BCUT2D eigenvalue weighted by Gasteiger charge is -2.22. The van der Waals surface area contributed by atoms with Gasteiger partial charge in [-0.1, -0.05) is 19.1 Å². The first-order chi connectivity index (χ1) is 13.5. The van der Waals surface area contributed by atoms with E-state index in [2.05, 4.69) is 23.0 Å². The molecule has 0 aliphatic rings. The zero-order chi connectivity index (χ0) is 20.1. The van der Waals surface area contributed by atoms with Crippen molar-refractivity contribution in [2.24, 2.45) is 0 Å². The molecule has 0 fully saturated rings. The minimum Gasteiger partial charge on any atom is -0.463 e. The first kappa shape index (κ1) is 19.6. The second-order valence-electron chi connectivity index (χ2n) is 6.88. The van der Waals surface area contributed by atoms with Crippen molar-refractivity contribution < 1.29 is 14.3 Å². The van der Waals surface area contributed by atoms with Crippen LogP contribution in [-0.2, 0) is 16.0 Å². The van der Waals surface area contributed by atoms with Gasteiger partial charge in [-0.15, -0.1) is 0 Å². The van der Waals surface area contributed by atoms with Crippen molar-refractivity contribution in [1.82, 2.24) is 9.97 Å². The van der Waals surface area contributed by atoms with Crippen LogP contribution < -0.4 is 4.90 Å². The van der Waals surface area contributed by atoms with Gasteiger partial charge in [0.25, 0.3) is 5.91 Å². The van der Waals surface area contributed by atoms with Crippen LogP contribution in [0.25, 0.3) is 10.9 Å². The highest BCUT2D eigenvalue weighted by Crippen LogP contribution is 2.21. The van der Waals surface area contributed by atoms with Gasteiger partial charge in [0.05, 0.1) is 12.5 Å². The Morgan fingerprint density at radius 2 is 2.00 bits per heavy atom. The molecule has 6 nitrogen and oxygen atoms in total. The lowest BCUT2D eigenvalue weighted by Crippen LogP contribution is -2.34. The number of carbonyl (C=O) groups excluding carboxylic acids is 2. The molecule has 2 aromatic heterocycles. The molecule has 0 aliphatic heterocycles. The van der Waals surface area contributed by atoms with Crippen molar-refractivity contribution in [3.63, 3.8) is 0 Å². The van der Waals surface area contributed by atoms with Crippen LogP contribution in [0.1, 0.15) is 43.2 Å². The lowest BCUT2D eigenvalue weighted by atomic mass is 10.1. The number of aromatic amines is 1. The first-order valence-electron chi connectivity index (χ1n) is 9.52. The van der Waals surface area contributed by atoms with Crippen molar-refractivity contribution in [3.8, 4) is 0 Å². The van der Waals surface area contributed by atoms with Crippen molar-refractivity contribution >= 4 is 28.6 Å². The van der Waals surface area contributed by atoms with E-state index in [0.717, 1.165) is 23.0 Å². The van der Waals surface area contributed by atoms with Crippen LogP contribution >= 0.6 is 0 Å². The molecule has 0 radical (unpaired) electrons. The summed E-state index contributed by atoms with van der Waals surface area (Å²) in [6.45, 7) is 5.88. The van der Waals surface area contributed by atoms with Crippen LogP contribution in [0, 0.1) is 0 Å². The van der Waals surface area contributed by atoms with Gasteiger partial charge in [0.1, 0.15) is 5.82 Å². The third-order valence-corrected chi connectivity index (χ3v) is 4.38. The number of amides is 1. The van der Waals surface area contributed by atoms with E-state index in [0.29, 0.717) is 11.4 Å². The zero-order valence-corrected chi connectivity index (χ0v) is 16.4. The third kappa shape index (κ3) is 4.57. The molecule has 0 saturated heterocycles. The molecule has 6 heteroatoms. The molecule has 146 valence electrons. The Bertz CT molecular complexity index is 964. The predicted molar refractivity (Wildman–Crippen MR) is 109 cm³/mol. The number of hydrogen-bond acceptors (Lipinski definition) is 4. The number of hydrogen-bond donors (Lipinski definition) is 1. The number of nitrogens with one attached hydrogen (secondary N) is 1. The van der Waals surface area contributed by atoms with Gasteiger partial charge in [-0.3, -0.25) is 14.5 Å². The predicted octanol–water partition coefficient (Wildman–Crippen LogP) is 4.11. The van der Waals surface area contributed by atoms with E-state index in [1.807, 2.05) is 18.2 Å². The number of aryl methyl sites for hydroxylation is 1. The molecule has 3 aromatic rings. The fourth-order valence-electron chi connectivity index (χ4n) is 3.02. The van der Waals surface area contributed by atoms with E-state index in [4.69, 9.17) is 4.74 Å². The van der Waals surface area contributed by atoms with Crippen molar-refractivity contribution in [1.29, 1.82) is 0 Å². The van der Waals surface area contributed by atoms with E-state index < -0.39 is 0 Å². The summed E-state index contributed by atoms with van der Waals surface area (Å²) >= 11 is 0. The number of fused-ring (bicyclic) bond motifs is 1. The molecule has 1 amide bonds. The molecular formula is C22H25N3O3. The van der Waals surface area contributed by atoms with E-state index in [1.165, 1.54) is 4.90 Å². The fraction of sp³-hybridized carbons (Fsp3) is 0.318. The average molecular weight is 379 g/mol. The highest BCUT2D eigenvalue weighted by Gasteiger charge is 2.21. The largest absolute Gasteiger partial charge is 0.463 e. The molecule has 1 aromatic carbocycles. The van der Waals surface area contributed by atoms with E-state index in [1.54, 1.807) is 38.2 Å². The summed E-state index contributed by atoms with van der Waals surface area (Å²) in [5.74, 6) is -0.0348. The highest BCUT2D eigenvalue weighted by atomic mass is 16.5. The SMILES string of the molecule is CCc1cc2ccc(C(=O)N(CCC(=O)OC(C)C)c3ccccn3)cc2[nH]1. The van der Waals surface area contributed by atoms with E-state index in [-0.39, 0.29) is 30.9 Å². The first-order valence-corrected chi connectivity index (χ1v) is 9.52. The smallest absolute Gasteiger partial charge is 0.307 e. The third-order valence-electron chi connectivity index (χ3n) is 4.38. The van der Waals surface area contributed by atoms with Crippen LogP contribution in [-0.4, -0.2) is 34.5 Å². The second-order valence-corrected chi connectivity index (χ2v) is 6.88. The Labute approximate surface area is 164 Å². The Hall–Kier alpha value is -3.15. The second kappa shape index (κ2) is 8.69. The van der Waals surface area contributed by atoms with Crippen molar-refractivity contribution in [3.05, 3.63) is 59.9 Å². The summed E-state index contributed by atoms with van der Waals surface area (Å²) in [5.41, 5.74) is 2.58. The number of H-pyrrole nitrogens is 1. The molecule has 0 unspecified atom stereocenters. The summed E-state index contributed by atoms with van der Waals surface area (Å²) in [7, 11) is 0. The molecule has 0 spiro atoms. The Morgan fingerprint density at radius 3 is 2.68 bits per heavy atom. The Balaban J connectivity index is 1.86. The summed E-state index contributed by atoms with van der Waals surface area (Å²) in [6.07, 6.45) is 2.44. The number of rotatable bonds is 7. The Morgan fingerprint density at radius 1 is 1.18 bits per heavy atom. The number of aromatic nitrogens is 2. The van der Waals surface area contributed by atoms with Crippen molar-refractivity contribution in [2.75, 3.05) is 11.4 Å². The number of esters is 1. The van der Waals surface area contributed by atoms with E-state index >= 15 is 0 Å². The standard InChI is InChI=1S/C22H25N3O3/c1-4-18-13-16-8-9-17(14-19(16)24-18)22(27)25(20-7-5-6-11-23-20)12-10-21(26)28-15(2)3/h5-9,11,13-15,24H,4,10,12H2,1-3H3. The van der Waals surface area contributed by atoms with Gasteiger partial charge in [0, 0.05) is 29.5 Å². The number of benzene rings is 1. The van der Waals surface area contributed by atoms with E-state index in [9.17, 15) is 9.59 Å². The molecule has 3 rings (SSSR count). The minimum atomic E-state index is -0.337. The summed E-state index contributed by atoms with van der Waals surface area (Å²) in [4.78, 5) is 34.3. The number of pyridine rings is 1. The van der Waals surface area contributed by atoms with Crippen molar-refractivity contribution in [2.45, 2.75) is 39.7 Å². The summed E-state index contributed by atoms with van der Waals surface area (Å²) in [6, 6.07) is 13.0. The monoisotopic (exact) mass is 379 g/mol. The average Bonchev–Trinajstić information content (AvgIpc) is 3.10. The van der Waals surface area contributed by atoms with Crippen LogP contribution in [0.3, 0.4) is 0 Å². The lowest BCUT2D eigenvalue weighted by molar-refractivity contribution is -0.147. The van der Waals surface area contributed by atoms with Gasteiger partial charge in [-0.2, -0.15) is 0 Å². The molecule has 28 heavy (non-hydrogen) atoms. The van der Waals surface area contributed by atoms with Crippen LogP contribution in [0.15, 0.2) is 48.7 Å². The van der Waals surface area contributed by atoms with Crippen LogP contribution in [0.4, 0.5) is 5.82 Å². The molecule has 2 heterocycles. The summed E-state index contributed by atoms with van der Waals surface area (Å²) in [5, 5.41) is 1.07. The molecule has 1 N–H and O–H groups in total. The van der Waals surface area contributed by atoms with Gasteiger partial charge in [-0.25, -0.2) is 4.98 Å². The zero-order valence-electron chi connectivity index (χ0n) is 16.4. The van der Waals surface area contributed by atoms with Gasteiger partial charge in [0.2, 0.25) is 0 Å². The number of nitrogens with zero attached hydrogens (tertiary/aromatic N) is 2. The van der Waals surface area contributed by atoms with Gasteiger partial charge in [0.15, 0.2) is 0 Å². The van der Waals surface area contributed by atoms with Crippen LogP contribution in [0.2, 0.25) is 0 Å². The van der Waals surface area contributed by atoms with Gasteiger partial charge >= 0.3 is 5.97 Å². The maximum absolute atomic E-state index is 13.2. The maximum Gasteiger partial charge on any atom is 0.307 e. The highest BCUT2D eigenvalue weighted by molar-refractivity contribution is 6.07. The summed E-state index contributed by atoms with van der Waals surface area (Å²) < 4.78 is 5.19. The quantitative estimate of drug-likeness (QED) is 0.627. The van der Waals surface area contributed by atoms with Crippen LogP contribution in [0.5, 0.6) is 0 Å². The fourth-order valence-corrected chi connectivity index (χ4v) is 3.02.